The molecule has 1 aromatic rings. The third-order valence-electron chi connectivity index (χ3n) is 1.99. The van der Waals surface area contributed by atoms with E-state index in [1.54, 1.807) is 13.0 Å². The summed E-state index contributed by atoms with van der Waals surface area (Å²) in [5.41, 5.74) is 0.909. The molecule has 0 aromatic heterocycles. The van der Waals surface area contributed by atoms with Crippen molar-refractivity contribution in [3.05, 3.63) is 28.8 Å². The van der Waals surface area contributed by atoms with Crippen molar-refractivity contribution in [3.63, 3.8) is 0 Å². The number of aryl methyl sites for hydroxylation is 1. The summed E-state index contributed by atoms with van der Waals surface area (Å²) in [6.07, 6.45) is -0.658. The lowest BCUT2D eigenvalue weighted by Crippen LogP contribution is -2.25. The van der Waals surface area contributed by atoms with Crippen molar-refractivity contribution < 1.29 is 14.3 Å². The molecule has 0 heterocycles. The molecule has 0 aliphatic rings. The Balaban J connectivity index is 2.81. The Labute approximate surface area is 93.9 Å². The van der Waals surface area contributed by atoms with Gasteiger partial charge in [-0.25, -0.2) is 4.79 Å². The molecule has 0 fully saturated rings. The largest absolute Gasteiger partial charge is 0.477 e. The first-order valence-corrected chi connectivity index (χ1v) is 4.93. The molecule has 1 aromatic carbocycles. The van der Waals surface area contributed by atoms with Crippen LogP contribution in [0.2, 0.25) is 5.02 Å². The Morgan fingerprint density at radius 1 is 1.47 bits per heavy atom. The SMILES string of the molecule is COC(=O)[C@H](C)Oc1cccc(C)c1Cl. The van der Waals surface area contributed by atoms with Crippen LogP contribution in [0.1, 0.15) is 12.5 Å². The van der Waals surface area contributed by atoms with Crippen LogP contribution in [0.5, 0.6) is 5.75 Å². The normalized spacial score (nSPS) is 12.0. The standard InChI is InChI=1S/C11H13ClO3/c1-7-5-4-6-9(10(7)12)15-8(2)11(13)14-3/h4-6,8H,1-3H3/t8-/m0/s1. The molecule has 0 saturated heterocycles. The van der Waals surface area contributed by atoms with E-state index in [9.17, 15) is 4.79 Å². The highest BCUT2D eigenvalue weighted by Crippen LogP contribution is 2.28. The zero-order valence-electron chi connectivity index (χ0n) is 8.91. The lowest BCUT2D eigenvalue weighted by atomic mass is 10.2. The molecule has 1 rings (SSSR count). The molecule has 82 valence electrons. The molecule has 0 radical (unpaired) electrons. The number of rotatable bonds is 3. The highest BCUT2D eigenvalue weighted by molar-refractivity contribution is 6.32. The van der Waals surface area contributed by atoms with Gasteiger partial charge in [-0.05, 0) is 25.5 Å². The van der Waals surface area contributed by atoms with Gasteiger partial charge in [0.15, 0.2) is 6.10 Å². The molecule has 15 heavy (non-hydrogen) atoms. The van der Waals surface area contributed by atoms with Crippen LogP contribution in [0.15, 0.2) is 18.2 Å². The molecule has 0 saturated carbocycles. The van der Waals surface area contributed by atoms with Gasteiger partial charge in [0.25, 0.3) is 0 Å². The van der Waals surface area contributed by atoms with Gasteiger partial charge in [-0.3, -0.25) is 0 Å². The van der Waals surface area contributed by atoms with E-state index in [1.165, 1.54) is 7.11 Å². The second kappa shape index (κ2) is 5.03. The van der Waals surface area contributed by atoms with Gasteiger partial charge < -0.3 is 9.47 Å². The van der Waals surface area contributed by atoms with Gasteiger partial charge in [0, 0.05) is 0 Å². The van der Waals surface area contributed by atoms with Crippen LogP contribution in [0, 0.1) is 6.92 Å². The van der Waals surface area contributed by atoms with Crippen molar-refractivity contribution in [1.82, 2.24) is 0 Å². The smallest absolute Gasteiger partial charge is 0.346 e. The summed E-state index contributed by atoms with van der Waals surface area (Å²) < 4.78 is 9.92. The zero-order valence-corrected chi connectivity index (χ0v) is 9.67. The average molecular weight is 229 g/mol. The number of ether oxygens (including phenoxy) is 2. The fraction of sp³-hybridized carbons (Fsp3) is 0.364. The molecule has 4 heteroatoms. The van der Waals surface area contributed by atoms with Crippen LogP contribution in [0.25, 0.3) is 0 Å². The van der Waals surface area contributed by atoms with Crippen molar-refractivity contribution in [2.45, 2.75) is 20.0 Å². The van der Waals surface area contributed by atoms with Crippen molar-refractivity contribution in [3.8, 4) is 5.75 Å². The number of esters is 1. The Kier molecular flexibility index (Phi) is 3.97. The Bertz CT molecular complexity index is 363. The molecule has 3 nitrogen and oxygen atoms in total. The van der Waals surface area contributed by atoms with E-state index in [-0.39, 0.29) is 0 Å². The van der Waals surface area contributed by atoms with E-state index >= 15 is 0 Å². The lowest BCUT2D eigenvalue weighted by molar-refractivity contribution is -0.147. The number of carbonyl (C=O) groups excluding carboxylic acids is 1. The van der Waals surface area contributed by atoms with Crippen molar-refractivity contribution >= 4 is 17.6 Å². The molecule has 0 bridgehead atoms. The second-order valence-corrected chi connectivity index (χ2v) is 3.55. The number of hydrogen-bond donors (Lipinski definition) is 0. The van der Waals surface area contributed by atoms with Gasteiger partial charge in [0.05, 0.1) is 12.1 Å². The number of methoxy groups -OCH3 is 1. The maximum atomic E-state index is 11.1. The Hall–Kier alpha value is -1.22. The van der Waals surface area contributed by atoms with Gasteiger partial charge >= 0.3 is 5.97 Å². The molecule has 0 aliphatic carbocycles. The van der Waals surface area contributed by atoms with E-state index in [4.69, 9.17) is 16.3 Å². The van der Waals surface area contributed by atoms with E-state index in [1.807, 2.05) is 19.1 Å². The first kappa shape index (κ1) is 11.9. The minimum absolute atomic E-state index is 0.424. The summed E-state index contributed by atoms with van der Waals surface area (Å²) in [5.74, 6) is 0.0714. The molecular formula is C11H13ClO3. The van der Waals surface area contributed by atoms with Crippen LogP contribution in [0.3, 0.4) is 0 Å². The number of carbonyl (C=O) groups is 1. The van der Waals surface area contributed by atoms with E-state index < -0.39 is 12.1 Å². The lowest BCUT2D eigenvalue weighted by Gasteiger charge is -2.14. The van der Waals surface area contributed by atoms with Crippen molar-refractivity contribution in [2.75, 3.05) is 7.11 Å². The Morgan fingerprint density at radius 2 is 2.13 bits per heavy atom. The van der Waals surface area contributed by atoms with Crippen LogP contribution >= 0.6 is 11.6 Å². The van der Waals surface area contributed by atoms with E-state index in [2.05, 4.69) is 4.74 Å². The molecule has 1 atom stereocenters. The zero-order chi connectivity index (χ0) is 11.4. The van der Waals surface area contributed by atoms with Gasteiger partial charge in [0.1, 0.15) is 5.75 Å². The summed E-state index contributed by atoms with van der Waals surface area (Å²) >= 11 is 6.01. The maximum absolute atomic E-state index is 11.1. The van der Waals surface area contributed by atoms with Gasteiger partial charge in [-0.2, -0.15) is 0 Å². The average Bonchev–Trinajstić information content (AvgIpc) is 2.23. The summed E-state index contributed by atoms with van der Waals surface area (Å²) in [6.45, 7) is 3.49. The van der Waals surface area contributed by atoms with Gasteiger partial charge in [-0.15, -0.1) is 0 Å². The third kappa shape index (κ3) is 2.86. The summed E-state index contributed by atoms with van der Waals surface area (Å²) in [5, 5.41) is 0.522. The maximum Gasteiger partial charge on any atom is 0.346 e. The van der Waals surface area contributed by atoms with Crippen LogP contribution < -0.4 is 4.74 Å². The summed E-state index contributed by atoms with van der Waals surface area (Å²) in [6, 6.07) is 5.41. The first-order chi connectivity index (χ1) is 7.06. The number of halogens is 1. The molecule has 0 spiro atoms. The highest BCUT2D eigenvalue weighted by Gasteiger charge is 2.16. The topological polar surface area (TPSA) is 35.5 Å². The minimum Gasteiger partial charge on any atom is -0.477 e. The second-order valence-electron chi connectivity index (χ2n) is 3.17. The predicted molar refractivity (Wildman–Crippen MR) is 58.3 cm³/mol. The first-order valence-electron chi connectivity index (χ1n) is 4.56. The van der Waals surface area contributed by atoms with E-state index in [0.717, 1.165) is 5.56 Å². The molecule has 0 N–H and O–H groups in total. The fourth-order valence-corrected chi connectivity index (χ4v) is 1.29. The molecular weight excluding hydrogens is 216 g/mol. The number of hydrogen-bond acceptors (Lipinski definition) is 3. The van der Waals surface area contributed by atoms with Crippen molar-refractivity contribution in [1.29, 1.82) is 0 Å². The predicted octanol–water partition coefficient (Wildman–Crippen LogP) is 2.59. The Morgan fingerprint density at radius 3 is 2.73 bits per heavy atom. The fourth-order valence-electron chi connectivity index (χ4n) is 1.12. The highest BCUT2D eigenvalue weighted by atomic mass is 35.5. The summed E-state index contributed by atoms with van der Waals surface area (Å²) in [4.78, 5) is 11.1. The minimum atomic E-state index is -0.658. The molecule has 0 aliphatic heterocycles. The third-order valence-corrected chi connectivity index (χ3v) is 2.48. The molecule has 0 unspecified atom stereocenters. The van der Waals surface area contributed by atoms with Crippen LogP contribution in [-0.4, -0.2) is 19.2 Å². The monoisotopic (exact) mass is 228 g/mol. The van der Waals surface area contributed by atoms with E-state index in [0.29, 0.717) is 10.8 Å². The quantitative estimate of drug-likeness (QED) is 0.746. The summed E-state index contributed by atoms with van der Waals surface area (Å²) in [7, 11) is 1.32. The van der Waals surface area contributed by atoms with Crippen LogP contribution in [0.4, 0.5) is 0 Å². The van der Waals surface area contributed by atoms with Gasteiger partial charge in [-0.1, -0.05) is 23.7 Å². The van der Waals surface area contributed by atoms with Crippen LogP contribution in [-0.2, 0) is 9.53 Å². The van der Waals surface area contributed by atoms with Gasteiger partial charge in [0.2, 0.25) is 0 Å². The molecule has 0 amide bonds. The van der Waals surface area contributed by atoms with Crippen molar-refractivity contribution in [2.24, 2.45) is 0 Å². The number of benzene rings is 1.